The molecule has 0 aromatic heterocycles. The normalized spacial score (nSPS) is 28.1. The van der Waals surface area contributed by atoms with Crippen LogP contribution in [-0.2, 0) is 0 Å². The molecule has 1 N–H and O–H groups in total. The van der Waals surface area contributed by atoms with Crippen LogP contribution in [0.2, 0.25) is 0 Å². The molecule has 2 rings (SSSR count). The molecular weight excluding hydrogens is 148 g/mol. The third-order valence-corrected chi connectivity index (χ3v) is 2.88. The molecule has 1 heteroatoms. The third-order valence-electron chi connectivity index (χ3n) is 2.88. The summed E-state index contributed by atoms with van der Waals surface area (Å²) >= 11 is 0. The lowest BCUT2D eigenvalue weighted by molar-refractivity contribution is 0.135. The van der Waals surface area contributed by atoms with Gasteiger partial charge in [-0.25, -0.2) is 0 Å². The fourth-order valence-electron chi connectivity index (χ4n) is 1.93. The molecule has 2 atom stereocenters. The van der Waals surface area contributed by atoms with E-state index in [9.17, 15) is 0 Å². The van der Waals surface area contributed by atoms with Crippen LogP contribution in [0.15, 0.2) is 30.3 Å². The maximum Gasteiger partial charge on any atom is 0.0465 e. The average molecular weight is 162 g/mol. The SMILES string of the molecule is OC[C@H]1CC[C@@H]1c1ccccc1. The van der Waals surface area contributed by atoms with E-state index in [4.69, 9.17) is 5.11 Å². The van der Waals surface area contributed by atoms with Crippen LogP contribution in [0.3, 0.4) is 0 Å². The Morgan fingerprint density at radius 2 is 1.92 bits per heavy atom. The van der Waals surface area contributed by atoms with Crippen molar-refractivity contribution in [2.24, 2.45) is 5.92 Å². The Bertz CT molecular complexity index is 240. The maximum absolute atomic E-state index is 9.02. The number of aliphatic hydroxyl groups excluding tert-OH is 1. The molecule has 0 unspecified atom stereocenters. The monoisotopic (exact) mass is 162 g/mol. The zero-order valence-electron chi connectivity index (χ0n) is 7.11. The van der Waals surface area contributed by atoms with E-state index < -0.39 is 0 Å². The lowest BCUT2D eigenvalue weighted by atomic mass is 9.70. The van der Waals surface area contributed by atoms with Gasteiger partial charge < -0.3 is 5.11 Å². The summed E-state index contributed by atoms with van der Waals surface area (Å²) in [6.45, 7) is 0.347. The lowest BCUT2D eigenvalue weighted by Crippen LogP contribution is -2.26. The van der Waals surface area contributed by atoms with Gasteiger partial charge in [-0.2, -0.15) is 0 Å². The second-order valence-corrected chi connectivity index (χ2v) is 3.54. The first kappa shape index (κ1) is 7.81. The van der Waals surface area contributed by atoms with Gasteiger partial charge in [-0.3, -0.25) is 0 Å². The second-order valence-electron chi connectivity index (χ2n) is 3.54. The summed E-state index contributed by atoms with van der Waals surface area (Å²) in [6.07, 6.45) is 2.44. The van der Waals surface area contributed by atoms with Crippen molar-refractivity contribution in [3.05, 3.63) is 35.9 Å². The topological polar surface area (TPSA) is 20.2 Å². The molecule has 0 saturated heterocycles. The molecule has 64 valence electrons. The molecule has 0 bridgehead atoms. The fraction of sp³-hybridized carbons (Fsp3) is 0.455. The maximum atomic E-state index is 9.02. The summed E-state index contributed by atoms with van der Waals surface area (Å²) in [5, 5.41) is 9.02. The standard InChI is InChI=1S/C11H14O/c12-8-10-6-7-11(10)9-4-2-1-3-5-9/h1-5,10-12H,6-8H2/t10-,11-/m1/s1. The minimum absolute atomic E-state index is 0.347. The van der Waals surface area contributed by atoms with Gasteiger partial charge in [-0.05, 0) is 30.2 Å². The Balaban J connectivity index is 2.11. The molecule has 1 aliphatic carbocycles. The molecule has 0 aliphatic heterocycles. The Hall–Kier alpha value is -0.820. The molecule has 0 spiro atoms. The smallest absolute Gasteiger partial charge is 0.0465 e. The van der Waals surface area contributed by atoms with E-state index in [-0.39, 0.29) is 0 Å². The van der Waals surface area contributed by atoms with E-state index in [1.807, 2.05) is 6.07 Å². The van der Waals surface area contributed by atoms with Crippen LogP contribution < -0.4 is 0 Å². The van der Waals surface area contributed by atoms with Crippen LogP contribution in [0.4, 0.5) is 0 Å². The summed E-state index contributed by atoms with van der Waals surface area (Å²) < 4.78 is 0. The lowest BCUT2D eigenvalue weighted by Gasteiger charge is -2.35. The Labute approximate surface area is 73.0 Å². The van der Waals surface area contributed by atoms with Crippen LogP contribution in [-0.4, -0.2) is 11.7 Å². The van der Waals surface area contributed by atoms with Gasteiger partial charge in [0.25, 0.3) is 0 Å². The summed E-state index contributed by atoms with van der Waals surface area (Å²) in [7, 11) is 0. The molecule has 0 radical (unpaired) electrons. The third kappa shape index (κ3) is 1.25. The predicted octanol–water partition coefficient (Wildman–Crippen LogP) is 2.17. The molecule has 1 fully saturated rings. The van der Waals surface area contributed by atoms with Crippen molar-refractivity contribution in [3.63, 3.8) is 0 Å². The highest BCUT2D eigenvalue weighted by Crippen LogP contribution is 2.41. The molecular formula is C11H14O. The van der Waals surface area contributed by atoms with Crippen molar-refractivity contribution >= 4 is 0 Å². The molecule has 1 aliphatic rings. The molecule has 0 heterocycles. The second kappa shape index (κ2) is 3.28. The Kier molecular flexibility index (Phi) is 2.13. The van der Waals surface area contributed by atoms with Crippen molar-refractivity contribution in [1.29, 1.82) is 0 Å². The highest BCUT2D eigenvalue weighted by atomic mass is 16.3. The van der Waals surface area contributed by atoms with E-state index >= 15 is 0 Å². The van der Waals surface area contributed by atoms with Gasteiger partial charge >= 0.3 is 0 Å². The van der Waals surface area contributed by atoms with Crippen LogP contribution in [0.5, 0.6) is 0 Å². The summed E-state index contributed by atoms with van der Waals surface area (Å²) in [5.74, 6) is 1.14. The number of hydrogen-bond donors (Lipinski definition) is 1. The minimum atomic E-state index is 0.347. The van der Waals surface area contributed by atoms with Crippen molar-refractivity contribution in [2.45, 2.75) is 18.8 Å². The molecule has 1 nitrogen and oxygen atoms in total. The molecule has 1 aromatic carbocycles. The van der Waals surface area contributed by atoms with Gasteiger partial charge in [0.2, 0.25) is 0 Å². The zero-order valence-corrected chi connectivity index (χ0v) is 7.11. The van der Waals surface area contributed by atoms with Gasteiger partial charge in [0.15, 0.2) is 0 Å². The fourth-order valence-corrected chi connectivity index (χ4v) is 1.93. The molecule has 1 aromatic rings. The van der Waals surface area contributed by atoms with Crippen LogP contribution in [0, 0.1) is 5.92 Å². The number of benzene rings is 1. The number of hydrogen-bond acceptors (Lipinski definition) is 1. The Morgan fingerprint density at radius 1 is 1.17 bits per heavy atom. The Morgan fingerprint density at radius 3 is 2.42 bits per heavy atom. The van der Waals surface area contributed by atoms with Gasteiger partial charge in [-0.15, -0.1) is 0 Å². The summed E-state index contributed by atoms with van der Waals surface area (Å²) in [5.41, 5.74) is 1.39. The van der Waals surface area contributed by atoms with Crippen LogP contribution >= 0.6 is 0 Å². The van der Waals surface area contributed by atoms with E-state index in [2.05, 4.69) is 24.3 Å². The van der Waals surface area contributed by atoms with Crippen molar-refractivity contribution in [2.75, 3.05) is 6.61 Å². The minimum Gasteiger partial charge on any atom is -0.396 e. The highest BCUT2D eigenvalue weighted by Gasteiger charge is 2.30. The van der Waals surface area contributed by atoms with Crippen molar-refractivity contribution in [1.82, 2.24) is 0 Å². The number of rotatable bonds is 2. The van der Waals surface area contributed by atoms with E-state index in [1.54, 1.807) is 0 Å². The average Bonchev–Trinajstić information content (AvgIpc) is 2.05. The summed E-state index contributed by atoms with van der Waals surface area (Å²) in [6, 6.07) is 10.5. The largest absolute Gasteiger partial charge is 0.396 e. The van der Waals surface area contributed by atoms with Crippen molar-refractivity contribution < 1.29 is 5.11 Å². The van der Waals surface area contributed by atoms with Crippen LogP contribution in [0.25, 0.3) is 0 Å². The van der Waals surface area contributed by atoms with Gasteiger partial charge in [0, 0.05) is 6.61 Å². The van der Waals surface area contributed by atoms with Gasteiger partial charge in [0.1, 0.15) is 0 Å². The molecule has 12 heavy (non-hydrogen) atoms. The highest BCUT2D eigenvalue weighted by molar-refractivity contribution is 5.22. The van der Waals surface area contributed by atoms with E-state index in [0.29, 0.717) is 18.4 Å². The van der Waals surface area contributed by atoms with Crippen LogP contribution in [0.1, 0.15) is 24.3 Å². The van der Waals surface area contributed by atoms with Gasteiger partial charge in [0.05, 0.1) is 0 Å². The van der Waals surface area contributed by atoms with E-state index in [0.717, 1.165) is 0 Å². The first-order valence-corrected chi connectivity index (χ1v) is 4.57. The summed E-state index contributed by atoms with van der Waals surface area (Å²) in [4.78, 5) is 0. The first-order valence-electron chi connectivity index (χ1n) is 4.57. The molecule has 0 amide bonds. The van der Waals surface area contributed by atoms with E-state index in [1.165, 1.54) is 18.4 Å². The quantitative estimate of drug-likeness (QED) is 0.706. The van der Waals surface area contributed by atoms with Crippen molar-refractivity contribution in [3.8, 4) is 0 Å². The molecule has 1 saturated carbocycles. The first-order chi connectivity index (χ1) is 5.92. The zero-order chi connectivity index (χ0) is 8.39. The predicted molar refractivity (Wildman–Crippen MR) is 49.0 cm³/mol. The number of aliphatic hydroxyl groups is 1. The van der Waals surface area contributed by atoms with Gasteiger partial charge in [-0.1, -0.05) is 30.3 Å².